The van der Waals surface area contributed by atoms with Gasteiger partial charge in [-0.1, -0.05) is 69.3 Å². The second kappa shape index (κ2) is 8.32. The summed E-state index contributed by atoms with van der Waals surface area (Å²) in [4.78, 5) is 0. The molecule has 0 radical (unpaired) electrons. The monoisotopic (exact) mass is 420 g/mol. The smallest absolute Gasteiger partial charge is 0.130 e. The predicted octanol–water partition coefficient (Wildman–Crippen LogP) is 6.24. The Morgan fingerprint density at radius 3 is 2.07 bits per heavy atom. The summed E-state index contributed by atoms with van der Waals surface area (Å²) >= 11 is 0. The van der Waals surface area contributed by atoms with E-state index in [2.05, 4.69) is 69.3 Å². The van der Waals surface area contributed by atoms with Crippen LogP contribution in [0.25, 0.3) is 11.1 Å². The van der Waals surface area contributed by atoms with Crippen molar-refractivity contribution in [1.29, 1.82) is 0 Å². The first-order valence-corrected chi connectivity index (χ1v) is 11.7. The molecule has 30 heavy (non-hydrogen) atoms. The van der Waals surface area contributed by atoms with Crippen molar-refractivity contribution in [3.8, 4) is 28.4 Å². The maximum Gasteiger partial charge on any atom is 0.130 e. The quantitative estimate of drug-likeness (QED) is 0.458. The summed E-state index contributed by atoms with van der Waals surface area (Å²) in [6.07, 6.45) is 0.904. The van der Waals surface area contributed by atoms with Gasteiger partial charge in [0.2, 0.25) is 0 Å². The molecule has 3 nitrogen and oxygen atoms in total. The van der Waals surface area contributed by atoms with Crippen LogP contribution < -0.4 is 19.5 Å². The van der Waals surface area contributed by atoms with E-state index in [1.807, 2.05) is 18.2 Å². The molecule has 2 atom stereocenters. The predicted molar refractivity (Wildman–Crippen MR) is 126 cm³/mol. The molecule has 1 heterocycles. The molecule has 156 valence electrons. The molecule has 4 heteroatoms. The molecule has 0 aromatic heterocycles. The Balaban J connectivity index is 1.87. The summed E-state index contributed by atoms with van der Waals surface area (Å²) in [5.41, 5.74) is 3.46. The first kappa shape index (κ1) is 20.8. The Morgan fingerprint density at radius 2 is 1.47 bits per heavy atom. The molecule has 0 saturated heterocycles. The van der Waals surface area contributed by atoms with Crippen molar-refractivity contribution in [2.45, 2.75) is 38.2 Å². The van der Waals surface area contributed by atoms with E-state index in [1.54, 1.807) is 14.2 Å². The number of hydrogen-bond donors (Lipinski definition) is 0. The summed E-state index contributed by atoms with van der Waals surface area (Å²) in [5, 5.41) is 1.40. The third-order valence-electron chi connectivity index (χ3n) is 5.46. The van der Waals surface area contributed by atoms with Gasteiger partial charge in [-0.25, -0.2) is 0 Å². The van der Waals surface area contributed by atoms with Gasteiger partial charge in [0.15, 0.2) is 0 Å². The molecule has 0 amide bonds. The van der Waals surface area contributed by atoms with E-state index in [0.29, 0.717) is 0 Å². The van der Waals surface area contributed by atoms with Gasteiger partial charge in [0, 0.05) is 17.3 Å². The normalized spacial score (nSPS) is 17.9. The van der Waals surface area contributed by atoms with Crippen LogP contribution in [0.2, 0.25) is 0 Å². The zero-order valence-electron chi connectivity index (χ0n) is 18.3. The van der Waals surface area contributed by atoms with Crippen LogP contribution in [0.4, 0.5) is 0 Å². The molecule has 1 aliphatic heterocycles. The maximum absolute atomic E-state index is 6.61. The molecule has 0 N–H and O–H groups in total. The lowest BCUT2D eigenvalue weighted by atomic mass is 10.0. The van der Waals surface area contributed by atoms with Crippen molar-refractivity contribution >= 4 is 13.2 Å². The molecule has 0 spiro atoms. The van der Waals surface area contributed by atoms with Crippen molar-refractivity contribution in [3.05, 3.63) is 72.3 Å². The van der Waals surface area contributed by atoms with Gasteiger partial charge in [-0.3, -0.25) is 0 Å². The van der Waals surface area contributed by atoms with Gasteiger partial charge in [-0.15, -0.1) is 0 Å². The molecule has 0 unspecified atom stereocenters. The number of rotatable bonds is 5. The molecule has 0 aliphatic carbocycles. The highest BCUT2D eigenvalue weighted by Gasteiger charge is 2.43. The SMILES string of the molecule is COc1cccc(OC)c1-c1cccc2c1[P@](C(C)(C)C)[C@H](Cc1ccccc1)O2. The second-order valence-corrected chi connectivity index (χ2v) is 11.6. The summed E-state index contributed by atoms with van der Waals surface area (Å²) < 4.78 is 18.1. The number of ether oxygens (including phenoxy) is 3. The second-order valence-electron chi connectivity index (χ2n) is 8.49. The fourth-order valence-electron chi connectivity index (χ4n) is 4.24. The summed E-state index contributed by atoms with van der Waals surface area (Å²) in [6.45, 7) is 6.97. The lowest BCUT2D eigenvalue weighted by molar-refractivity contribution is 0.293. The molecular formula is C26H29O3P. The lowest BCUT2D eigenvalue weighted by Gasteiger charge is -2.33. The highest BCUT2D eigenvalue weighted by molar-refractivity contribution is 7.68. The Hall–Kier alpha value is -2.51. The van der Waals surface area contributed by atoms with Gasteiger partial charge < -0.3 is 14.2 Å². The van der Waals surface area contributed by atoms with Crippen LogP contribution in [0, 0.1) is 0 Å². The average molecular weight is 420 g/mol. The molecule has 0 bridgehead atoms. The molecule has 4 rings (SSSR count). The Bertz CT molecular complexity index is 1000. The first-order chi connectivity index (χ1) is 14.4. The Kier molecular flexibility index (Phi) is 5.75. The third kappa shape index (κ3) is 3.79. The molecule has 1 aliphatic rings. The standard InChI is InChI=1S/C26H29O3P/c1-26(2,3)30-23(17-18-11-7-6-8-12-18)29-22-16-9-13-19(25(22)30)24-20(27-4)14-10-15-21(24)28-5/h6-16,23H,17H2,1-5H3/t23-,30-/m1/s1. The van der Waals surface area contributed by atoms with E-state index >= 15 is 0 Å². The van der Waals surface area contributed by atoms with Crippen LogP contribution in [0.3, 0.4) is 0 Å². The van der Waals surface area contributed by atoms with E-state index in [0.717, 1.165) is 34.8 Å². The van der Waals surface area contributed by atoms with Crippen LogP contribution in [-0.2, 0) is 6.42 Å². The summed E-state index contributed by atoms with van der Waals surface area (Å²) in [5.74, 6) is 2.76. The number of hydrogen-bond acceptors (Lipinski definition) is 3. The van der Waals surface area contributed by atoms with E-state index in [1.165, 1.54) is 10.9 Å². The maximum atomic E-state index is 6.61. The minimum Gasteiger partial charge on any atom is -0.496 e. The topological polar surface area (TPSA) is 27.7 Å². The Morgan fingerprint density at radius 1 is 0.833 bits per heavy atom. The zero-order chi connectivity index (χ0) is 21.3. The lowest BCUT2D eigenvalue weighted by Crippen LogP contribution is -2.26. The van der Waals surface area contributed by atoms with E-state index in [-0.39, 0.29) is 11.0 Å². The molecule has 0 fully saturated rings. The number of benzene rings is 3. The van der Waals surface area contributed by atoms with Crippen LogP contribution >= 0.6 is 7.92 Å². The van der Waals surface area contributed by atoms with Crippen molar-refractivity contribution in [2.75, 3.05) is 14.2 Å². The summed E-state index contributed by atoms with van der Waals surface area (Å²) in [6, 6.07) is 22.9. The highest BCUT2D eigenvalue weighted by Crippen LogP contribution is 2.61. The van der Waals surface area contributed by atoms with Crippen LogP contribution in [-0.4, -0.2) is 25.2 Å². The minimum atomic E-state index is -0.602. The fourth-order valence-corrected chi connectivity index (χ4v) is 7.49. The highest BCUT2D eigenvalue weighted by atomic mass is 31.1. The van der Waals surface area contributed by atoms with Crippen molar-refractivity contribution in [3.63, 3.8) is 0 Å². The summed E-state index contributed by atoms with van der Waals surface area (Å²) in [7, 11) is 2.82. The fraction of sp³-hybridized carbons (Fsp3) is 0.308. The van der Waals surface area contributed by atoms with Crippen LogP contribution in [0.1, 0.15) is 26.3 Å². The van der Waals surface area contributed by atoms with Gasteiger partial charge >= 0.3 is 0 Å². The van der Waals surface area contributed by atoms with E-state index < -0.39 is 7.92 Å². The Labute approximate surface area is 180 Å². The molecule has 3 aromatic rings. The minimum absolute atomic E-state index is 0.0887. The van der Waals surface area contributed by atoms with Crippen LogP contribution in [0.15, 0.2) is 66.7 Å². The van der Waals surface area contributed by atoms with Crippen LogP contribution in [0.5, 0.6) is 17.2 Å². The zero-order valence-corrected chi connectivity index (χ0v) is 19.2. The number of fused-ring (bicyclic) bond motifs is 1. The largest absolute Gasteiger partial charge is 0.496 e. The van der Waals surface area contributed by atoms with Crippen molar-refractivity contribution < 1.29 is 14.2 Å². The van der Waals surface area contributed by atoms with Crippen molar-refractivity contribution in [2.24, 2.45) is 0 Å². The average Bonchev–Trinajstić information content (AvgIpc) is 3.12. The van der Waals surface area contributed by atoms with Gasteiger partial charge in [0.05, 0.1) is 19.8 Å². The van der Waals surface area contributed by atoms with E-state index in [4.69, 9.17) is 14.2 Å². The van der Waals surface area contributed by atoms with Gasteiger partial charge in [-0.05, 0) is 36.8 Å². The van der Waals surface area contributed by atoms with E-state index in [9.17, 15) is 0 Å². The van der Waals surface area contributed by atoms with Gasteiger partial charge in [-0.2, -0.15) is 0 Å². The first-order valence-electron chi connectivity index (χ1n) is 10.3. The third-order valence-corrected chi connectivity index (χ3v) is 8.72. The molecule has 3 aromatic carbocycles. The van der Waals surface area contributed by atoms with Gasteiger partial charge in [0.25, 0.3) is 0 Å². The van der Waals surface area contributed by atoms with Crippen molar-refractivity contribution in [1.82, 2.24) is 0 Å². The molecular weight excluding hydrogens is 391 g/mol. The van der Waals surface area contributed by atoms with Gasteiger partial charge in [0.1, 0.15) is 23.1 Å². The number of methoxy groups -OCH3 is 2. The molecule has 0 saturated carbocycles.